The fourth-order valence-corrected chi connectivity index (χ4v) is 2.90. The third-order valence-electron chi connectivity index (χ3n) is 3.64. The van der Waals surface area contributed by atoms with Crippen LogP contribution in [0.5, 0.6) is 0 Å². The van der Waals surface area contributed by atoms with Crippen LogP contribution in [0.3, 0.4) is 0 Å². The number of H-pyrrole nitrogens is 1. The number of nitrogens with one attached hydrogen (secondary N) is 1. The van der Waals surface area contributed by atoms with Crippen molar-refractivity contribution in [3.8, 4) is 0 Å². The Balaban J connectivity index is 1.99. The van der Waals surface area contributed by atoms with E-state index < -0.39 is 0 Å². The molecule has 3 rings (SSSR count). The lowest BCUT2D eigenvalue weighted by atomic mass is 10.2. The molecule has 5 heteroatoms. The van der Waals surface area contributed by atoms with E-state index in [-0.39, 0.29) is 0 Å². The number of hydrogen-bond donors (Lipinski definition) is 1. The minimum atomic E-state index is 0.605. The molecule has 1 aliphatic heterocycles. The number of likely N-dealkylation sites (N-methyl/N-ethyl adjacent to an activating group) is 1. The van der Waals surface area contributed by atoms with E-state index in [0.29, 0.717) is 6.04 Å². The van der Waals surface area contributed by atoms with E-state index >= 15 is 0 Å². The molecule has 1 fully saturated rings. The number of aromatic amines is 1. The average molecular weight is 248 g/mol. The third-order valence-corrected chi connectivity index (χ3v) is 3.96. The Morgan fingerprint density at radius 3 is 3.24 bits per heavy atom. The molecule has 3 heterocycles. The zero-order valence-corrected chi connectivity index (χ0v) is 10.7. The monoisotopic (exact) mass is 248 g/mol. The molecule has 0 bridgehead atoms. The zero-order chi connectivity index (χ0) is 11.8. The Bertz CT molecular complexity index is 585. The van der Waals surface area contributed by atoms with Crippen LogP contribution in [0.2, 0.25) is 0 Å². The van der Waals surface area contributed by atoms with E-state index in [1.165, 1.54) is 19.4 Å². The molecule has 17 heavy (non-hydrogen) atoms. The summed E-state index contributed by atoms with van der Waals surface area (Å²) >= 11 is 5.39. The van der Waals surface area contributed by atoms with E-state index in [1.54, 1.807) is 0 Å². The summed E-state index contributed by atoms with van der Waals surface area (Å²) in [4.78, 5) is 9.74. The summed E-state index contributed by atoms with van der Waals surface area (Å²) in [5.41, 5.74) is 2.18. The number of aromatic nitrogens is 3. The average Bonchev–Trinajstić information content (AvgIpc) is 2.85. The van der Waals surface area contributed by atoms with Crippen LogP contribution < -0.4 is 0 Å². The predicted molar refractivity (Wildman–Crippen MR) is 70.6 cm³/mol. The summed E-state index contributed by atoms with van der Waals surface area (Å²) in [6.07, 6.45) is 6.20. The minimum Gasteiger partial charge on any atom is -0.329 e. The van der Waals surface area contributed by atoms with Gasteiger partial charge in [-0.05, 0) is 44.7 Å². The van der Waals surface area contributed by atoms with Crippen LogP contribution in [0.1, 0.15) is 12.8 Å². The highest BCUT2D eigenvalue weighted by Crippen LogP contribution is 2.19. The van der Waals surface area contributed by atoms with Crippen molar-refractivity contribution < 1.29 is 0 Å². The first-order chi connectivity index (χ1) is 8.25. The molecule has 2 aromatic heterocycles. The summed E-state index contributed by atoms with van der Waals surface area (Å²) in [6.45, 7) is 2.17. The van der Waals surface area contributed by atoms with Gasteiger partial charge in [-0.25, -0.2) is 0 Å². The normalized spacial score (nSPS) is 21.4. The van der Waals surface area contributed by atoms with E-state index in [2.05, 4.69) is 26.5 Å². The zero-order valence-electron chi connectivity index (χ0n) is 9.89. The number of imidazole rings is 1. The molecular weight excluding hydrogens is 232 g/mol. The van der Waals surface area contributed by atoms with Crippen LogP contribution in [-0.4, -0.2) is 39.1 Å². The second kappa shape index (κ2) is 4.23. The van der Waals surface area contributed by atoms with Crippen LogP contribution >= 0.6 is 12.2 Å². The summed E-state index contributed by atoms with van der Waals surface area (Å²) in [7, 11) is 2.19. The molecule has 0 radical (unpaired) electrons. The summed E-state index contributed by atoms with van der Waals surface area (Å²) in [5, 5.41) is 0. The van der Waals surface area contributed by atoms with Gasteiger partial charge >= 0.3 is 0 Å². The molecule has 1 aliphatic rings. The lowest BCUT2D eigenvalue weighted by Gasteiger charge is -2.20. The highest BCUT2D eigenvalue weighted by Gasteiger charge is 2.22. The summed E-state index contributed by atoms with van der Waals surface area (Å²) in [5.74, 6) is 0. The fourth-order valence-electron chi connectivity index (χ4n) is 2.61. The molecule has 0 spiro atoms. The fraction of sp³-hybridized carbons (Fsp3) is 0.500. The number of nitrogens with zero attached hydrogens (tertiary/aromatic N) is 3. The second-order valence-electron chi connectivity index (χ2n) is 4.71. The maximum Gasteiger partial charge on any atom is 0.178 e. The van der Waals surface area contributed by atoms with E-state index in [9.17, 15) is 0 Å². The molecule has 1 atom stereocenters. The molecule has 0 amide bonds. The first kappa shape index (κ1) is 10.9. The number of likely N-dealkylation sites (tertiary alicyclic amines) is 1. The Labute approximate surface area is 105 Å². The lowest BCUT2D eigenvalue weighted by molar-refractivity contribution is 0.283. The van der Waals surface area contributed by atoms with Crippen LogP contribution in [-0.2, 0) is 6.54 Å². The first-order valence-corrected chi connectivity index (χ1v) is 6.39. The molecule has 0 aromatic carbocycles. The molecule has 2 aromatic rings. The molecule has 0 saturated carbocycles. The van der Waals surface area contributed by atoms with Crippen LogP contribution in [0.15, 0.2) is 18.5 Å². The molecular formula is C12H16N4S. The predicted octanol–water partition coefficient (Wildman–Crippen LogP) is 2.19. The Morgan fingerprint density at radius 2 is 2.47 bits per heavy atom. The van der Waals surface area contributed by atoms with Crippen molar-refractivity contribution in [1.82, 2.24) is 19.4 Å². The summed E-state index contributed by atoms with van der Waals surface area (Å²) in [6, 6.07) is 2.63. The van der Waals surface area contributed by atoms with Crippen LogP contribution in [0.4, 0.5) is 0 Å². The van der Waals surface area contributed by atoms with Gasteiger partial charge in [0.2, 0.25) is 0 Å². The standard InChI is InChI=1S/C12H16N4S/c1-15-6-2-3-9(15)8-16-11-4-5-13-7-10(11)14-12(16)17/h4-5,7,9H,2-3,6,8H2,1H3,(H,14,17). The molecule has 1 N–H and O–H groups in total. The van der Waals surface area contributed by atoms with Crippen molar-refractivity contribution in [2.24, 2.45) is 0 Å². The molecule has 1 saturated heterocycles. The van der Waals surface area contributed by atoms with Gasteiger partial charge in [0, 0.05) is 18.8 Å². The highest BCUT2D eigenvalue weighted by atomic mass is 32.1. The van der Waals surface area contributed by atoms with Gasteiger partial charge in [-0.3, -0.25) is 4.98 Å². The molecule has 4 nitrogen and oxygen atoms in total. The first-order valence-electron chi connectivity index (χ1n) is 5.98. The van der Waals surface area contributed by atoms with Gasteiger partial charge in [0.1, 0.15) is 0 Å². The third kappa shape index (κ3) is 1.89. The van der Waals surface area contributed by atoms with Gasteiger partial charge in [0.15, 0.2) is 4.77 Å². The second-order valence-corrected chi connectivity index (χ2v) is 5.10. The van der Waals surface area contributed by atoms with Gasteiger partial charge in [0.05, 0.1) is 17.2 Å². The van der Waals surface area contributed by atoms with Crippen LogP contribution in [0, 0.1) is 4.77 Å². The van der Waals surface area contributed by atoms with Gasteiger partial charge in [-0.15, -0.1) is 0 Å². The van der Waals surface area contributed by atoms with Gasteiger partial charge in [-0.2, -0.15) is 0 Å². The minimum absolute atomic E-state index is 0.605. The summed E-state index contributed by atoms with van der Waals surface area (Å²) < 4.78 is 2.99. The maximum atomic E-state index is 5.39. The topological polar surface area (TPSA) is 36.9 Å². The lowest BCUT2D eigenvalue weighted by Crippen LogP contribution is -2.29. The Hall–Kier alpha value is -1.20. The molecule has 0 aliphatic carbocycles. The maximum absolute atomic E-state index is 5.39. The smallest absolute Gasteiger partial charge is 0.178 e. The largest absolute Gasteiger partial charge is 0.329 e. The van der Waals surface area contributed by atoms with Crippen molar-refractivity contribution in [2.75, 3.05) is 13.6 Å². The molecule has 90 valence electrons. The van der Waals surface area contributed by atoms with E-state index in [4.69, 9.17) is 12.2 Å². The Morgan fingerprint density at radius 1 is 1.59 bits per heavy atom. The number of pyridine rings is 1. The van der Waals surface area contributed by atoms with Crippen molar-refractivity contribution in [3.63, 3.8) is 0 Å². The van der Waals surface area contributed by atoms with Gasteiger partial charge in [-0.1, -0.05) is 0 Å². The number of rotatable bonds is 2. The van der Waals surface area contributed by atoms with Crippen molar-refractivity contribution in [2.45, 2.75) is 25.4 Å². The Kier molecular flexibility index (Phi) is 2.72. The van der Waals surface area contributed by atoms with Gasteiger partial charge < -0.3 is 14.5 Å². The van der Waals surface area contributed by atoms with Crippen molar-refractivity contribution in [3.05, 3.63) is 23.2 Å². The van der Waals surface area contributed by atoms with Gasteiger partial charge in [0.25, 0.3) is 0 Å². The number of hydrogen-bond acceptors (Lipinski definition) is 3. The SMILES string of the molecule is CN1CCCC1Cn1c(=S)[nH]c2cnccc21. The van der Waals surface area contributed by atoms with E-state index in [0.717, 1.165) is 22.3 Å². The quantitative estimate of drug-likeness (QED) is 0.828. The highest BCUT2D eigenvalue weighted by molar-refractivity contribution is 7.71. The molecule has 1 unspecified atom stereocenters. The van der Waals surface area contributed by atoms with E-state index in [1.807, 2.05) is 18.5 Å². The van der Waals surface area contributed by atoms with Crippen LogP contribution in [0.25, 0.3) is 11.0 Å². The number of fused-ring (bicyclic) bond motifs is 1. The van der Waals surface area contributed by atoms with Crippen molar-refractivity contribution >= 4 is 23.3 Å². The van der Waals surface area contributed by atoms with Crippen molar-refractivity contribution in [1.29, 1.82) is 0 Å².